The standard InChI is InChI=1S/C12H18O2/c1-3-4-12(13)14-9-11-7-5-10(2)6-8-11/h5-7,11H,3-4,8-9H2,1-2H3. The molecular weight excluding hydrogens is 176 g/mol. The van der Waals surface area contributed by atoms with E-state index in [1.165, 1.54) is 5.57 Å². The number of hydrogen-bond donors (Lipinski definition) is 0. The maximum absolute atomic E-state index is 11.1. The summed E-state index contributed by atoms with van der Waals surface area (Å²) in [6.07, 6.45) is 8.76. The summed E-state index contributed by atoms with van der Waals surface area (Å²) >= 11 is 0. The normalized spacial score (nSPS) is 20.4. The monoisotopic (exact) mass is 194 g/mol. The van der Waals surface area contributed by atoms with Gasteiger partial charge in [-0.1, -0.05) is 30.7 Å². The smallest absolute Gasteiger partial charge is 0.305 e. The first-order chi connectivity index (χ1) is 6.72. The van der Waals surface area contributed by atoms with Crippen molar-refractivity contribution in [2.45, 2.75) is 33.1 Å². The molecule has 0 bridgehead atoms. The van der Waals surface area contributed by atoms with Gasteiger partial charge in [-0.05, 0) is 19.8 Å². The van der Waals surface area contributed by atoms with E-state index in [2.05, 4.69) is 25.2 Å². The molecule has 0 heterocycles. The Morgan fingerprint density at radius 2 is 2.43 bits per heavy atom. The van der Waals surface area contributed by atoms with Crippen LogP contribution in [0.15, 0.2) is 23.8 Å². The van der Waals surface area contributed by atoms with E-state index in [1.54, 1.807) is 0 Å². The van der Waals surface area contributed by atoms with E-state index in [0.717, 1.165) is 12.8 Å². The summed E-state index contributed by atoms with van der Waals surface area (Å²) in [5, 5.41) is 0. The van der Waals surface area contributed by atoms with Crippen LogP contribution in [-0.2, 0) is 9.53 Å². The van der Waals surface area contributed by atoms with Crippen LogP contribution >= 0.6 is 0 Å². The summed E-state index contributed by atoms with van der Waals surface area (Å²) < 4.78 is 5.14. The first kappa shape index (κ1) is 11.0. The third kappa shape index (κ3) is 3.77. The number of carbonyl (C=O) groups is 1. The second kappa shape index (κ2) is 5.63. The lowest BCUT2D eigenvalue weighted by atomic mass is 9.98. The predicted molar refractivity (Wildman–Crippen MR) is 56.9 cm³/mol. The molecule has 2 nitrogen and oxygen atoms in total. The van der Waals surface area contributed by atoms with Gasteiger partial charge in [0, 0.05) is 12.3 Å². The lowest BCUT2D eigenvalue weighted by molar-refractivity contribution is -0.144. The van der Waals surface area contributed by atoms with Crippen molar-refractivity contribution in [3.8, 4) is 0 Å². The molecule has 0 aromatic heterocycles. The Morgan fingerprint density at radius 3 is 3.00 bits per heavy atom. The van der Waals surface area contributed by atoms with Crippen molar-refractivity contribution >= 4 is 5.97 Å². The molecule has 1 aliphatic carbocycles. The van der Waals surface area contributed by atoms with E-state index in [1.807, 2.05) is 6.92 Å². The van der Waals surface area contributed by atoms with E-state index in [0.29, 0.717) is 18.9 Å². The fourth-order valence-electron chi connectivity index (χ4n) is 1.37. The zero-order valence-corrected chi connectivity index (χ0v) is 8.95. The molecule has 0 saturated carbocycles. The topological polar surface area (TPSA) is 26.3 Å². The Morgan fingerprint density at radius 1 is 1.64 bits per heavy atom. The third-order valence-corrected chi connectivity index (χ3v) is 2.29. The van der Waals surface area contributed by atoms with Crippen molar-refractivity contribution in [3.63, 3.8) is 0 Å². The van der Waals surface area contributed by atoms with Crippen LogP contribution in [0.5, 0.6) is 0 Å². The number of rotatable bonds is 4. The molecule has 0 saturated heterocycles. The second-order valence-electron chi connectivity index (χ2n) is 3.74. The Labute approximate surface area is 85.6 Å². The highest BCUT2D eigenvalue weighted by atomic mass is 16.5. The molecule has 0 fully saturated rings. The molecule has 1 unspecified atom stereocenters. The number of ether oxygens (including phenoxy) is 1. The highest BCUT2D eigenvalue weighted by Gasteiger charge is 2.09. The lowest BCUT2D eigenvalue weighted by Crippen LogP contribution is -2.13. The van der Waals surface area contributed by atoms with Crippen LogP contribution in [0.4, 0.5) is 0 Å². The van der Waals surface area contributed by atoms with Crippen molar-refractivity contribution < 1.29 is 9.53 Å². The molecule has 0 spiro atoms. The van der Waals surface area contributed by atoms with E-state index >= 15 is 0 Å². The van der Waals surface area contributed by atoms with Gasteiger partial charge in [-0.3, -0.25) is 4.79 Å². The van der Waals surface area contributed by atoms with E-state index in [4.69, 9.17) is 4.74 Å². The van der Waals surface area contributed by atoms with Crippen molar-refractivity contribution in [3.05, 3.63) is 23.8 Å². The van der Waals surface area contributed by atoms with Gasteiger partial charge in [0.05, 0.1) is 6.61 Å². The highest BCUT2D eigenvalue weighted by molar-refractivity contribution is 5.69. The summed E-state index contributed by atoms with van der Waals surface area (Å²) in [6, 6.07) is 0. The molecule has 14 heavy (non-hydrogen) atoms. The summed E-state index contributed by atoms with van der Waals surface area (Å²) in [7, 11) is 0. The van der Waals surface area contributed by atoms with Gasteiger partial charge >= 0.3 is 5.97 Å². The number of allylic oxidation sites excluding steroid dienone is 3. The average molecular weight is 194 g/mol. The van der Waals surface area contributed by atoms with Gasteiger partial charge in [0.25, 0.3) is 0 Å². The molecule has 78 valence electrons. The molecule has 0 N–H and O–H groups in total. The zero-order valence-electron chi connectivity index (χ0n) is 8.95. The summed E-state index contributed by atoms with van der Waals surface area (Å²) in [5.41, 5.74) is 1.29. The molecule has 1 atom stereocenters. The zero-order chi connectivity index (χ0) is 10.4. The molecule has 2 heteroatoms. The van der Waals surface area contributed by atoms with E-state index in [-0.39, 0.29) is 5.97 Å². The van der Waals surface area contributed by atoms with Gasteiger partial charge in [-0.25, -0.2) is 0 Å². The summed E-state index contributed by atoms with van der Waals surface area (Å²) in [6.45, 7) is 4.59. The largest absolute Gasteiger partial charge is 0.465 e. The molecule has 0 aromatic rings. The Balaban J connectivity index is 2.21. The predicted octanol–water partition coefficient (Wildman–Crippen LogP) is 2.85. The van der Waals surface area contributed by atoms with Gasteiger partial charge in [-0.2, -0.15) is 0 Å². The van der Waals surface area contributed by atoms with Crippen LogP contribution < -0.4 is 0 Å². The van der Waals surface area contributed by atoms with Crippen LogP contribution in [0.25, 0.3) is 0 Å². The molecular formula is C12H18O2. The molecule has 0 aliphatic heterocycles. The van der Waals surface area contributed by atoms with Crippen LogP contribution in [0.2, 0.25) is 0 Å². The first-order valence-corrected chi connectivity index (χ1v) is 5.23. The van der Waals surface area contributed by atoms with Gasteiger partial charge in [0.15, 0.2) is 0 Å². The number of esters is 1. The third-order valence-electron chi connectivity index (χ3n) is 2.29. The fourth-order valence-corrected chi connectivity index (χ4v) is 1.37. The Bertz CT molecular complexity index is 251. The minimum atomic E-state index is -0.0767. The molecule has 1 rings (SSSR count). The van der Waals surface area contributed by atoms with Crippen LogP contribution in [-0.4, -0.2) is 12.6 Å². The molecule has 0 radical (unpaired) electrons. The van der Waals surface area contributed by atoms with Gasteiger partial charge < -0.3 is 4.74 Å². The Hall–Kier alpha value is -1.05. The summed E-state index contributed by atoms with van der Waals surface area (Å²) in [4.78, 5) is 11.1. The minimum Gasteiger partial charge on any atom is -0.465 e. The van der Waals surface area contributed by atoms with Crippen molar-refractivity contribution in [2.24, 2.45) is 5.92 Å². The van der Waals surface area contributed by atoms with Gasteiger partial charge in [0.2, 0.25) is 0 Å². The SMILES string of the molecule is CCCC(=O)OCC1C=CC(C)=CC1. The fraction of sp³-hybridized carbons (Fsp3) is 0.583. The van der Waals surface area contributed by atoms with Crippen molar-refractivity contribution in [1.82, 2.24) is 0 Å². The maximum atomic E-state index is 11.1. The lowest BCUT2D eigenvalue weighted by Gasteiger charge is -2.14. The Kier molecular flexibility index (Phi) is 4.44. The second-order valence-corrected chi connectivity index (χ2v) is 3.74. The summed E-state index contributed by atoms with van der Waals surface area (Å²) in [5.74, 6) is 0.298. The van der Waals surface area contributed by atoms with Crippen molar-refractivity contribution in [2.75, 3.05) is 6.61 Å². The average Bonchev–Trinajstić information content (AvgIpc) is 2.17. The van der Waals surface area contributed by atoms with Crippen LogP contribution in [0.3, 0.4) is 0 Å². The van der Waals surface area contributed by atoms with Crippen LogP contribution in [0.1, 0.15) is 33.1 Å². The van der Waals surface area contributed by atoms with E-state index in [9.17, 15) is 4.79 Å². The van der Waals surface area contributed by atoms with Gasteiger partial charge in [0.1, 0.15) is 0 Å². The van der Waals surface area contributed by atoms with Gasteiger partial charge in [-0.15, -0.1) is 0 Å². The van der Waals surface area contributed by atoms with E-state index < -0.39 is 0 Å². The first-order valence-electron chi connectivity index (χ1n) is 5.23. The highest BCUT2D eigenvalue weighted by Crippen LogP contribution is 2.16. The molecule has 0 aromatic carbocycles. The molecule has 1 aliphatic rings. The van der Waals surface area contributed by atoms with Crippen molar-refractivity contribution in [1.29, 1.82) is 0 Å². The number of hydrogen-bond acceptors (Lipinski definition) is 2. The minimum absolute atomic E-state index is 0.0767. The van der Waals surface area contributed by atoms with Crippen LogP contribution in [0, 0.1) is 5.92 Å². The maximum Gasteiger partial charge on any atom is 0.305 e. The number of carbonyl (C=O) groups excluding carboxylic acids is 1. The molecule has 0 amide bonds. The quantitative estimate of drug-likeness (QED) is 0.643.